The lowest BCUT2D eigenvalue weighted by molar-refractivity contribution is -0.384. The number of hydrogen-bond acceptors (Lipinski definition) is 6. The van der Waals surface area contributed by atoms with Gasteiger partial charge < -0.3 is 10.3 Å². The fourth-order valence-electron chi connectivity index (χ4n) is 1.80. The van der Waals surface area contributed by atoms with E-state index < -0.39 is 4.92 Å². The number of para-hydroxylation sites is 1. The van der Waals surface area contributed by atoms with Gasteiger partial charge in [0.05, 0.1) is 11.0 Å². The Morgan fingerprint density at radius 2 is 2.15 bits per heavy atom. The number of hydrogen-bond donors (Lipinski definition) is 1. The summed E-state index contributed by atoms with van der Waals surface area (Å²) in [5, 5.41) is 14.8. The van der Waals surface area contributed by atoms with E-state index >= 15 is 0 Å². The van der Waals surface area contributed by atoms with Crippen LogP contribution in [0, 0.1) is 16.0 Å². The van der Waals surface area contributed by atoms with E-state index in [9.17, 15) is 10.1 Å². The summed E-state index contributed by atoms with van der Waals surface area (Å²) in [5.74, 6) is 0.674. The van der Waals surface area contributed by atoms with Gasteiger partial charge in [-0.3, -0.25) is 10.1 Å². The summed E-state index contributed by atoms with van der Waals surface area (Å²) in [6.45, 7) is 4.00. The molecule has 0 aliphatic heterocycles. The van der Waals surface area contributed by atoms with E-state index in [0.717, 1.165) is 6.42 Å². The first-order valence-electron chi connectivity index (χ1n) is 6.37. The molecule has 2 atom stereocenters. The van der Waals surface area contributed by atoms with Gasteiger partial charge in [-0.05, 0) is 12.0 Å². The lowest BCUT2D eigenvalue weighted by Crippen LogP contribution is -2.18. The van der Waals surface area contributed by atoms with Crippen LogP contribution >= 0.6 is 0 Å². The van der Waals surface area contributed by atoms with Crippen molar-refractivity contribution in [3.8, 4) is 11.4 Å². The molecule has 0 aliphatic rings. The minimum Gasteiger partial charge on any atom is -0.337 e. The number of benzene rings is 1. The van der Waals surface area contributed by atoms with E-state index in [1.165, 1.54) is 6.07 Å². The maximum Gasteiger partial charge on any atom is 0.280 e. The summed E-state index contributed by atoms with van der Waals surface area (Å²) in [6, 6.07) is 5.89. The first-order valence-corrected chi connectivity index (χ1v) is 6.37. The van der Waals surface area contributed by atoms with E-state index in [-0.39, 0.29) is 23.5 Å². The van der Waals surface area contributed by atoms with Crippen molar-refractivity contribution in [1.29, 1.82) is 0 Å². The van der Waals surface area contributed by atoms with Gasteiger partial charge in [0.2, 0.25) is 11.7 Å². The van der Waals surface area contributed by atoms with Crippen molar-refractivity contribution >= 4 is 5.69 Å². The lowest BCUT2D eigenvalue weighted by Gasteiger charge is -2.12. The molecule has 7 nitrogen and oxygen atoms in total. The monoisotopic (exact) mass is 276 g/mol. The second kappa shape index (κ2) is 5.79. The Labute approximate surface area is 115 Å². The van der Waals surface area contributed by atoms with Gasteiger partial charge >= 0.3 is 0 Å². The topological polar surface area (TPSA) is 108 Å². The number of nitrogens with two attached hydrogens (primary N) is 1. The first-order chi connectivity index (χ1) is 9.54. The molecule has 1 heterocycles. The molecule has 0 saturated carbocycles. The SMILES string of the molecule is CCC(C)C(N)c1nc(-c2ccccc2[N+](=O)[O-])no1. The molecule has 7 heteroatoms. The fourth-order valence-corrected chi connectivity index (χ4v) is 1.80. The van der Waals surface area contributed by atoms with Gasteiger partial charge in [0.25, 0.3) is 5.69 Å². The van der Waals surface area contributed by atoms with Crippen LogP contribution in [0.4, 0.5) is 5.69 Å². The third kappa shape index (κ3) is 2.67. The number of nitro groups is 1. The van der Waals surface area contributed by atoms with Crippen LogP contribution in [0.25, 0.3) is 11.4 Å². The van der Waals surface area contributed by atoms with Gasteiger partial charge in [-0.25, -0.2) is 0 Å². The predicted molar refractivity (Wildman–Crippen MR) is 72.8 cm³/mol. The van der Waals surface area contributed by atoms with E-state index in [0.29, 0.717) is 11.5 Å². The van der Waals surface area contributed by atoms with Crippen molar-refractivity contribution < 1.29 is 9.45 Å². The van der Waals surface area contributed by atoms with E-state index in [1.54, 1.807) is 18.2 Å². The highest BCUT2D eigenvalue weighted by Crippen LogP contribution is 2.29. The summed E-state index contributed by atoms with van der Waals surface area (Å²) in [7, 11) is 0. The average molecular weight is 276 g/mol. The normalized spacial score (nSPS) is 13.9. The van der Waals surface area contributed by atoms with Gasteiger partial charge in [0, 0.05) is 6.07 Å². The van der Waals surface area contributed by atoms with Crippen LogP contribution < -0.4 is 5.73 Å². The maximum atomic E-state index is 11.0. The quantitative estimate of drug-likeness (QED) is 0.664. The van der Waals surface area contributed by atoms with E-state index in [2.05, 4.69) is 10.1 Å². The third-order valence-corrected chi connectivity index (χ3v) is 3.33. The van der Waals surface area contributed by atoms with Gasteiger partial charge in [-0.2, -0.15) is 4.98 Å². The smallest absolute Gasteiger partial charge is 0.280 e. The molecular weight excluding hydrogens is 260 g/mol. The Hall–Kier alpha value is -2.28. The highest BCUT2D eigenvalue weighted by atomic mass is 16.6. The Bertz CT molecular complexity index is 611. The zero-order chi connectivity index (χ0) is 14.7. The van der Waals surface area contributed by atoms with Crippen molar-refractivity contribution in [2.75, 3.05) is 0 Å². The second-order valence-corrected chi connectivity index (χ2v) is 4.64. The van der Waals surface area contributed by atoms with Gasteiger partial charge in [-0.1, -0.05) is 37.6 Å². The molecule has 2 rings (SSSR count). The molecule has 0 fully saturated rings. The molecule has 0 aliphatic carbocycles. The summed E-state index contributed by atoms with van der Waals surface area (Å²) in [5.41, 5.74) is 6.27. The van der Waals surface area contributed by atoms with Crippen LogP contribution in [0.2, 0.25) is 0 Å². The highest BCUT2D eigenvalue weighted by Gasteiger charge is 2.23. The van der Waals surface area contributed by atoms with Crippen LogP contribution in [0.3, 0.4) is 0 Å². The summed E-state index contributed by atoms with van der Waals surface area (Å²) < 4.78 is 5.13. The molecule has 1 aromatic carbocycles. The fraction of sp³-hybridized carbons (Fsp3) is 0.385. The Kier molecular flexibility index (Phi) is 4.09. The molecule has 0 saturated heterocycles. The highest BCUT2D eigenvalue weighted by molar-refractivity contribution is 5.67. The van der Waals surface area contributed by atoms with Crippen LogP contribution in [-0.2, 0) is 0 Å². The van der Waals surface area contributed by atoms with Crippen LogP contribution in [0.15, 0.2) is 28.8 Å². The van der Waals surface area contributed by atoms with Crippen molar-refractivity contribution in [2.24, 2.45) is 11.7 Å². The van der Waals surface area contributed by atoms with Crippen LogP contribution in [-0.4, -0.2) is 15.1 Å². The molecule has 106 valence electrons. The zero-order valence-corrected chi connectivity index (χ0v) is 11.3. The van der Waals surface area contributed by atoms with Crippen molar-refractivity contribution in [3.05, 3.63) is 40.3 Å². The molecule has 2 N–H and O–H groups in total. The van der Waals surface area contributed by atoms with Crippen LogP contribution in [0.5, 0.6) is 0 Å². The molecule has 20 heavy (non-hydrogen) atoms. The van der Waals surface area contributed by atoms with Crippen molar-refractivity contribution in [3.63, 3.8) is 0 Å². The largest absolute Gasteiger partial charge is 0.337 e. The van der Waals surface area contributed by atoms with Crippen molar-refractivity contribution in [1.82, 2.24) is 10.1 Å². The second-order valence-electron chi connectivity index (χ2n) is 4.64. The lowest BCUT2D eigenvalue weighted by atomic mass is 10.0. The number of aromatic nitrogens is 2. The van der Waals surface area contributed by atoms with E-state index in [4.69, 9.17) is 10.3 Å². The summed E-state index contributed by atoms with van der Waals surface area (Å²) in [4.78, 5) is 14.7. The van der Waals surface area contributed by atoms with Gasteiger partial charge in [0.15, 0.2) is 0 Å². The Morgan fingerprint density at radius 1 is 1.45 bits per heavy atom. The first kappa shape index (κ1) is 14.1. The minimum atomic E-state index is -0.472. The Balaban J connectivity index is 2.36. The molecule has 2 unspecified atom stereocenters. The predicted octanol–water partition coefficient (Wildman–Crippen LogP) is 2.69. The molecule has 2 aromatic rings. The molecule has 0 radical (unpaired) electrons. The van der Waals surface area contributed by atoms with Gasteiger partial charge in [0.1, 0.15) is 5.56 Å². The number of nitrogens with zero attached hydrogens (tertiary/aromatic N) is 3. The molecule has 0 spiro atoms. The molecule has 1 aromatic heterocycles. The van der Waals surface area contributed by atoms with Crippen LogP contribution in [0.1, 0.15) is 32.2 Å². The molecular formula is C13H16N4O3. The number of nitro benzene ring substituents is 1. The molecule has 0 bridgehead atoms. The molecule has 0 amide bonds. The van der Waals surface area contributed by atoms with E-state index in [1.807, 2.05) is 13.8 Å². The number of rotatable bonds is 5. The third-order valence-electron chi connectivity index (χ3n) is 3.33. The summed E-state index contributed by atoms with van der Waals surface area (Å²) in [6.07, 6.45) is 0.879. The minimum absolute atomic E-state index is 0.0584. The maximum absolute atomic E-state index is 11.0. The zero-order valence-electron chi connectivity index (χ0n) is 11.3. The standard InChI is InChI=1S/C13H16N4O3/c1-3-8(2)11(14)13-15-12(16-20-13)9-6-4-5-7-10(9)17(18)19/h4-8,11H,3,14H2,1-2H3. The Morgan fingerprint density at radius 3 is 2.80 bits per heavy atom. The van der Waals surface area contributed by atoms with Gasteiger partial charge in [-0.15, -0.1) is 0 Å². The van der Waals surface area contributed by atoms with Crippen molar-refractivity contribution in [2.45, 2.75) is 26.3 Å². The summed E-state index contributed by atoms with van der Waals surface area (Å²) >= 11 is 0. The average Bonchev–Trinajstić information content (AvgIpc) is 2.95.